The van der Waals surface area contributed by atoms with Gasteiger partial charge in [-0.05, 0) is 56.2 Å². The van der Waals surface area contributed by atoms with Gasteiger partial charge in [-0.15, -0.1) is 0 Å². The lowest BCUT2D eigenvalue weighted by molar-refractivity contribution is 0.340. The molecule has 3 rings (SSSR count). The Kier molecular flexibility index (Phi) is 4.16. The fraction of sp³-hybridized carbons (Fsp3) is 0.625. The van der Waals surface area contributed by atoms with E-state index in [2.05, 4.69) is 5.32 Å². The van der Waals surface area contributed by atoms with Crippen LogP contribution in [0.2, 0.25) is 10.0 Å². The topological polar surface area (TPSA) is 21.3 Å². The van der Waals surface area contributed by atoms with Gasteiger partial charge in [0.05, 0.1) is 11.6 Å². The highest BCUT2D eigenvalue weighted by molar-refractivity contribution is 6.34. The van der Waals surface area contributed by atoms with Gasteiger partial charge >= 0.3 is 0 Å². The summed E-state index contributed by atoms with van der Waals surface area (Å²) in [7, 11) is 2.01. The number of fused-ring (bicyclic) bond motifs is 1. The van der Waals surface area contributed by atoms with Crippen molar-refractivity contribution in [3.63, 3.8) is 0 Å². The molecule has 2 saturated carbocycles. The molecule has 2 aliphatic carbocycles. The second-order valence-corrected chi connectivity index (χ2v) is 6.65. The van der Waals surface area contributed by atoms with Gasteiger partial charge in [-0.25, -0.2) is 0 Å². The minimum Gasteiger partial charge on any atom is -0.492 e. The predicted molar refractivity (Wildman–Crippen MR) is 83.8 cm³/mol. The SMILES string of the molecule is CCOc1cc(Cl)c(C(NC)C2C3CCCC32)cc1Cl. The molecule has 0 bridgehead atoms. The summed E-state index contributed by atoms with van der Waals surface area (Å²) in [5, 5.41) is 4.85. The fourth-order valence-electron chi connectivity index (χ4n) is 3.98. The van der Waals surface area contributed by atoms with Gasteiger partial charge in [0.15, 0.2) is 0 Å². The van der Waals surface area contributed by atoms with E-state index in [4.69, 9.17) is 27.9 Å². The van der Waals surface area contributed by atoms with E-state index >= 15 is 0 Å². The largest absolute Gasteiger partial charge is 0.492 e. The van der Waals surface area contributed by atoms with E-state index < -0.39 is 0 Å². The molecule has 2 aliphatic rings. The lowest BCUT2D eigenvalue weighted by Gasteiger charge is -2.21. The molecule has 1 aromatic rings. The van der Waals surface area contributed by atoms with Crippen LogP contribution >= 0.6 is 23.2 Å². The molecule has 0 heterocycles. The molecule has 1 aromatic carbocycles. The number of hydrogen-bond donors (Lipinski definition) is 1. The summed E-state index contributed by atoms with van der Waals surface area (Å²) in [6.45, 7) is 2.54. The van der Waals surface area contributed by atoms with Crippen LogP contribution in [-0.4, -0.2) is 13.7 Å². The molecule has 0 spiro atoms. The highest BCUT2D eigenvalue weighted by Crippen LogP contribution is 2.62. The Morgan fingerprint density at radius 2 is 1.95 bits per heavy atom. The third-order valence-corrected chi connectivity index (χ3v) is 5.48. The molecule has 0 saturated heterocycles. The van der Waals surface area contributed by atoms with Crippen molar-refractivity contribution in [2.75, 3.05) is 13.7 Å². The van der Waals surface area contributed by atoms with E-state index in [-0.39, 0.29) is 0 Å². The maximum Gasteiger partial charge on any atom is 0.139 e. The van der Waals surface area contributed by atoms with Crippen LogP contribution in [0, 0.1) is 17.8 Å². The van der Waals surface area contributed by atoms with Crippen LogP contribution in [-0.2, 0) is 0 Å². The molecule has 3 atom stereocenters. The van der Waals surface area contributed by atoms with Gasteiger partial charge in [-0.1, -0.05) is 29.6 Å². The summed E-state index contributed by atoms with van der Waals surface area (Å²) in [6, 6.07) is 4.14. The number of halogens is 2. The van der Waals surface area contributed by atoms with Gasteiger partial charge in [-0.3, -0.25) is 0 Å². The summed E-state index contributed by atoms with van der Waals surface area (Å²) in [5.74, 6) is 3.16. The normalized spacial score (nSPS) is 29.1. The lowest BCUT2D eigenvalue weighted by Crippen LogP contribution is -2.21. The van der Waals surface area contributed by atoms with Crippen LogP contribution in [0.4, 0.5) is 0 Å². The molecule has 3 unspecified atom stereocenters. The van der Waals surface area contributed by atoms with Crippen molar-refractivity contribution < 1.29 is 4.74 Å². The Balaban J connectivity index is 1.86. The van der Waals surface area contributed by atoms with Gasteiger partial charge in [0, 0.05) is 17.1 Å². The first-order chi connectivity index (χ1) is 9.67. The van der Waals surface area contributed by atoms with Crippen LogP contribution < -0.4 is 10.1 Å². The van der Waals surface area contributed by atoms with Crippen LogP contribution in [0.1, 0.15) is 37.8 Å². The number of hydrogen-bond acceptors (Lipinski definition) is 2. The van der Waals surface area contributed by atoms with Crippen molar-refractivity contribution in [1.82, 2.24) is 5.32 Å². The Morgan fingerprint density at radius 3 is 2.55 bits per heavy atom. The van der Waals surface area contributed by atoms with Crippen LogP contribution in [0.15, 0.2) is 12.1 Å². The summed E-state index contributed by atoms with van der Waals surface area (Å²) >= 11 is 12.8. The van der Waals surface area contributed by atoms with Gasteiger partial charge < -0.3 is 10.1 Å². The second-order valence-electron chi connectivity index (χ2n) is 5.84. The molecule has 110 valence electrons. The minimum atomic E-state index is 0.311. The van der Waals surface area contributed by atoms with Gasteiger partial charge in [0.25, 0.3) is 0 Å². The summed E-state index contributed by atoms with van der Waals surface area (Å²) in [6.07, 6.45) is 4.13. The van der Waals surface area contributed by atoms with Crippen LogP contribution in [0.25, 0.3) is 0 Å². The molecular weight excluding hydrogens is 293 g/mol. The van der Waals surface area contributed by atoms with Crippen molar-refractivity contribution in [3.8, 4) is 5.75 Å². The van der Waals surface area contributed by atoms with Crippen LogP contribution in [0.5, 0.6) is 5.75 Å². The molecule has 20 heavy (non-hydrogen) atoms. The summed E-state index contributed by atoms with van der Waals surface area (Å²) in [5.41, 5.74) is 1.11. The third kappa shape index (κ3) is 2.43. The Labute approximate surface area is 130 Å². The van der Waals surface area contributed by atoms with E-state index in [1.54, 1.807) is 0 Å². The van der Waals surface area contributed by atoms with E-state index in [9.17, 15) is 0 Å². The molecule has 4 heteroatoms. The highest BCUT2D eigenvalue weighted by Gasteiger charge is 2.56. The van der Waals surface area contributed by atoms with Crippen molar-refractivity contribution in [1.29, 1.82) is 0 Å². The first-order valence-corrected chi connectivity index (χ1v) is 8.22. The standard InChI is InChI=1S/C16H21Cl2NO/c1-3-20-14-8-12(17)11(7-13(14)18)16(19-2)15-9-5-4-6-10(9)15/h7-10,15-16,19H,3-6H2,1-2H3. The van der Waals surface area contributed by atoms with E-state index in [0.29, 0.717) is 23.4 Å². The monoisotopic (exact) mass is 313 g/mol. The number of ether oxygens (including phenoxy) is 1. The van der Waals surface area contributed by atoms with Crippen molar-refractivity contribution in [2.24, 2.45) is 17.8 Å². The number of nitrogens with one attached hydrogen (secondary N) is 1. The molecule has 0 radical (unpaired) electrons. The molecule has 0 aliphatic heterocycles. The maximum atomic E-state index is 6.46. The van der Waals surface area contributed by atoms with E-state index in [1.807, 2.05) is 26.1 Å². The quantitative estimate of drug-likeness (QED) is 0.850. The van der Waals surface area contributed by atoms with E-state index in [0.717, 1.165) is 28.3 Å². The second kappa shape index (κ2) is 5.75. The Hall–Kier alpha value is -0.440. The Bertz CT molecular complexity index is 495. The fourth-order valence-corrected chi connectivity index (χ4v) is 4.47. The lowest BCUT2D eigenvalue weighted by atomic mass is 9.97. The molecule has 1 N–H and O–H groups in total. The van der Waals surface area contributed by atoms with Crippen molar-refractivity contribution in [2.45, 2.75) is 32.2 Å². The summed E-state index contributed by atoms with van der Waals surface area (Å²) < 4.78 is 5.50. The van der Waals surface area contributed by atoms with Crippen molar-refractivity contribution >= 4 is 23.2 Å². The smallest absolute Gasteiger partial charge is 0.139 e. The molecule has 2 fully saturated rings. The zero-order chi connectivity index (χ0) is 14.3. The number of rotatable bonds is 5. The average Bonchev–Trinajstić information content (AvgIpc) is 2.89. The molecule has 0 amide bonds. The zero-order valence-corrected chi connectivity index (χ0v) is 13.5. The molecule has 2 nitrogen and oxygen atoms in total. The Morgan fingerprint density at radius 1 is 1.25 bits per heavy atom. The molecular formula is C16H21Cl2NO. The van der Waals surface area contributed by atoms with Crippen molar-refractivity contribution in [3.05, 3.63) is 27.7 Å². The molecule has 0 aromatic heterocycles. The first-order valence-electron chi connectivity index (χ1n) is 7.46. The summed E-state index contributed by atoms with van der Waals surface area (Å²) in [4.78, 5) is 0. The highest BCUT2D eigenvalue weighted by atomic mass is 35.5. The zero-order valence-electron chi connectivity index (χ0n) is 12.0. The van der Waals surface area contributed by atoms with Crippen LogP contribution in [0.3, 0.4) is 0 Å². The minimum absolute atomic E-state index is 0.311. The average molecular weight is 314 g/mol. The van der Waals surface area contributed by atoms with Gasteiger partial charge in [0.1, 0.15) is 5.75 Å². The number of benzene rings is 1. The predicted octanol–water partition coefficient (Wildman–Crippen LogP) is 4.70. The maximum absolute atomic E-state index is 6.46. The van der Waals surface area contributed by atoms with E-state index in [1.165, 1.54) is 19.3 Å². The van der Waals surface area contributed by atoms with Gasteiger partial charge in [-0.2, -0.15) is 0 Å². The first kappa shape index (κ1) is 14.5. The van der Waals surface area contributed by atoms with Gasteiger partial charge in [0.2, 0.25) is 0 Å². The third-order valence-electron chi connectivity index (χ3n) is 4.85.